The minimum atomic E-state index is -0.661. The van der Waals surface area contributed by atoms with E-state index in [4.69, 9.17) is 9.84 Å². The molecule has 2 aliphatic heterocycles. The number of rotatable bonds is 5. The standard InChI is InChI=1S/C21H25N5O4/c1-13-17(21(27)30-3)18(14-7-6-8-15(11-14)26(28)29)19-16(12-25-9-4-5-10-25)23-24(2)20(19)22-13/h6-8,11,17-18H,4-5,9-10,12H2,1-3H3. The van der Waals surface area contributed by atoms with E-state index < -0.39 is 22.7 Å². The van der Waals surface area contributed by atoms with Gasteiger partial charge in [-0.25, -0.2) is 4.99 Å². The van der Waals surface area contributed by atoms with Gasteiger partial charge in [-0.15, -0.1) is 0 Å². The maximum atomic E-state index is 12.8. The van der Waals surface area contributed by atoms with Crippen LogP contribution >= 0.6 is 0 Å². The number of non-ortho nitro benzene ring substituents is 1. The summed E-state index contributed by atoms with van der Waals surface area (Å²) >= 11 is 0. The number of likely N-dealkylation sites (tertiary alicyclic amines) is 1. The fourth-order valence-corrected chi connectivity index (χ4v) is 4.58. The second-order valence-corrected chi connectivity index (χ2v) is 7.87. The summed E-state index contributed by atoms with van der Waals surface area (Å²) in [6, 6.07) is 6.47. The summed E-state index contributed by atoms with van der Waals surface area (Å²) in [5, 5.41) is 16.1. The normalized spacial score (nSPS) is 21.2. The first-order valence-electron chi connectivity index (χ1n) is 10.1. The van der Waals surface area contributed by atoms with Crippen molar-refractivity contribution >= 4 is 23.2 Å². The van der Waals surface area contributed by atoms with Gasteiger partial charge in [0.05, 0.1) is 17.7 Å². The Morgan fingerprint density at radius 1 is 1.33 bits per heavy atom. The predicted octanol–water partition coefficient (Wildman–Crippen LogP) is 2.95. The first-order chi connectivity index (χ1) is 14.4. The van der Waals surface area contributed by atoms with E-state index in [2.05, 4.69) is 9.89 Å². The summed E-state index contributed by atoms with van der Waals surface area (Å²) in [4.78, 5) is 30.8. The van der Waals surface area contributed by atoms with Gasteiger partial charge in [-0.05, 0) is 38.4 Å². The molecule has 1 fully saturated rings. The van der Waals surface area contributed by atoms with E-state index in [1.165, 1.54) is 19.2 Å². The van der Waals surface area contributed by atoms with Gasteiger partial charge in [-0.1, -0.05) is 12.1 Å². The first-order valence-corrected chi connectivity index (χ1v) is 10.1. The van der Waals surface area contributed by atoms with E-state index in [1.54, 1.807) is 17.7 Å². The van der Waals surface area contributed by atoms with Crippen LogP contribution in [0.5, 0.6) is 0 Å². The molecular formula is C21H25N5O4. The number of hydrogen-bond acceptors (Lipinski definition) is 7. The Kier molecular flexibility index (Phi) is 5.38. The second kappa shape index (κ2) is 7.98. The topological polar surface area (TPSA) is 103 Å². The lowest BCUT2D eigenvalue weighted by atomic mass is 9.76. The van der Waals surface area contributed by atoms with E-state index in [9.17, 15) is 14.9 Å². The third-order valence-corrected chi connectivity index (χ3v) is 5.97. The van der Waals surface area contributed by atoms with Crippen molar-refractivity contribution in [2.45, 2.75) is 32.2 Å². The molecule has 9 nitrogen and oxygen atoms in total. The lowest BCUT2D eigenvalue weighted by molar-refractivity contribution is -0.384. The Labute approximate surface area is 174 Å². The molecule has 3 heterocycles. The van der Waals surface area contributed by atoms with Gasteiger partial charge in [0.2, 0.25) is 0 Å². The molecule has 1 saturated heterocycles. The van der Waals surface area contributed by atoms with Crippen LogP contribution in [-0.2, 0) is 23.1 Å². The number of hydrogen-bond donors (Lipinski definition) is 0. The molecule has 1 aromatic heterocycles. The lowest BCUT2D eigenvalue weighted by Gasteiger charge is -2.30. The smallest absolute Gasteiger partial charge is 0.315 e. The molecule has 0 saturated carbocycles. The summed E-state index contributed by atoms with van der Waals surface area (Å²) in [5.74, 6) is -0.824. The van der Waals surface area contributed by atoms with E-state index in [0.29, 0.717) is 23.6 Å². The number of aliphatic imine (C=N–C) groups is 1. The highest BCUT2D eigenvalue weighted by atomic mass is 16.6. The van der Waals surface area contributed by atoms with Crippen molar-refractivity contribution in [3.63, 3.8) is 0 Å². The van der Waals surface area contributed by atoms with Crippen LogP contribution in [-0.4, -0.2) is 51.5 Å². The summed E-state index contributed by atoms with van der Waals surface area (Å²) in [6.07, 6.45) is 2.32. The quantitative estimate of drug-likeness (QED) is 0.426. The minimum absolute atomic E-state index is 0.0113. The zero-order valence-corrected chi connectivity index (χ0v) is 17.4. The summed E-state index contributed by atoms with van der Waals surface area (Å²) in [6.45, 7) is 4.48. The number of esters is 1. The van der Waals surface area contributed by atoms with Crippen molar-refractivity contribution in [2.24, 2.45) is 18.0 Å². The third-order valence-electron chi connectivity index (χ3n) is 5.97. The Balaban J connectivity index is 1.89. The average Bonchev–Trinajstić information content (AvgIpc) is 3.35. The summed E-state index contributed by atoms with van der Waals surface area (Å²) in [7, 11) is 3.19. The van der Waals surface area contributed by atoms with Crippen molar-refractivity contribution in [1.82, 2.24) is 14.7 Å². The van der Waals surface area contributed by atoms with E-state index in [0.717, 1.165) is 37.2 Å². The third kappa shape index (κ3) is 3.49. The molecule has 158 valence electrons. The van der Waals surface area contributed by atoms with Crippen molar-refractivity contribution < 1.29 is 14.5 Å². The molecule has 0 amide bonds. The van der Waals surface area contributed by atoms with Crippen LogP contribution in [0.15, 0.2) is 29.3 Å². The van der Waals surface area contributed by atoms with E-state index >= 15 is 0 Å². The monoisotopic (exact) mass is 411 g/mol. The van der Waals surface area contributed by atoms with Gasteiger partial charge in [0.1, 0.15) is 5.92 Å². The number of carbonyl (C=O) groups excluding carboxylic acids is 1. The number of fused-ring (bicyclic) bond motifs is 1. The van der Waals surface area contributed by atoms with E-state index in [1.807, 2.05) is 13.1 Å². The fraction of sp³-hybridized carbons (Fsp3) is 0.476. The number of aryl methyl sites for hydroxylation is 1. The van der Waals surface area contributed by atoms with Crippen molar-refractivity contribution in [1.29, 1.82) is 0 Å². The molecule has 2 aliphatic rings. The van der Waals surface area contributed by atoms with Crippen molar-refractivity contribution in [3.8, 4) is 0 Å². The highest BCUT2D eigenvalue weighted by Gasteiger charge is 2.42. The fourth-order valence-electron chi connectivity index (χ4n) is 4.58. The first kappa shape index (κ1) is 20.2. The van der Waals surface area contributed by atoms with Crippen LogP contribution < -0.4 is 0 Å². The van der Waals surface area contributed by atoms with Gasteiger partial charge >= 0.3 is 5.97 Å². The van der Waals surface area contributed by atoms with Gasteiger partial charge in [-0.3, -0.25) is 24.5 Å². The number of benzene rings is 1. The Hall–Kier alpha value is -3.07. The maximum absolute atomic E-state index is 12.8. The summed E-state index contributed by atoms with van der Waals surface area (Å²) < 4.78 is 6.83. The van der Waals surface area contributed by atoms with Crippen LogP contribution in [0, 0.1) is 16.0 Å². The zero-order valence-electron chi connectivity index (χ0n) is 17.4. The second-order valence-electron chi connectivity index (χ2n) is 7.87. The molecule has 0 N–H and O–H groups in total. The highest BCUT2D eigenvalue weighted by Crippen LogP contribution is 2.45. The molecule has 0 spiro atoms. The maximum Gasteiger partial charge on any atom is 0.315 e. The summed E-state index contributed by atoms with van der Waals surface area (Å²) in [5.41, 5.74) is 3.00. The van der Waals surface area contributed by atoms with Gasteiger partial charge in [0.15, 0.2) is 5.82 Å². The number of nitro benzene ring substituents is 1. The molecule has 9 heteroatoms. The number of nitro groups is 1. The number of methoxy groups -OCH3 is 1. The van der Waals surface area contributed by atoms with E-state index in [-0.39, 0.29) is 5.69 Å². The van der Waals surface area contributed by atoms with Crippen LogP contribution in [0.25, 0.3) is 0 Å². The molecule has 2 atom stereocenters. The number of nitrogens with zero attached hydrogens (tertiary/aromatic N) is 5. The average molecular weight is 411 g/mol. The molecule has 0 bridgehead atoms. The van der Waals surface area contributed by atoms with Crippen LogP contribution in [0.4, 0.5) is 11.5 Å². The molecule has 2 unspecified atom stereocenters. The molecular weight excluding hydrogens is 386 g/mol. The Morgan fingerprint density at radius 2 is 2.07 bits per heavy atom. The number of aromatic nitrogens is 2. The van der Waals surface area contributed by atoms with Gasteiger partial charge in [0.25, 0.3) is 5.69 Å². The SMILES string of the molecule is COC(=O)C1C(C)=Nc2c(c(CN3CCCC3)nn2C)C1c1cccc([N+](=O)[O-])c1. The van der Waals surface area contributed by atoms with Crippen LogP contribution in [0.1, 0.15) is 42.5 Å². The van der Waals surface area contributed by atoms with Crippen molar-refractivity contribution in [3.05, 3.63) is 51.2 Å². The lowest BCUT2D eigenvalue weighted by Crippen LogP contribution is -2.33. The molecule has 30 heavy (non-hydrogen) atoms. The van der Waals surface area contributed by atoms with Gasteiger partial charge in [0, 0.05) is 42.9 Å². The zero-order chi connectivity index (χ0) is 21.4. The molecule has 0 aliphatic carbocycles. The number of ether oxygens (including phenoxy) is 1. The Bertz CT molecular complexity index is 1020. The molecule has 2 aromatic rings. The highest BCUT2D eigenvalue weighted by molar-refractivity contribution is 6.05. The molecule has 1 aromatic carbocycles. The van der Waals surface area contributed by atoms with Gasteiger partial charge < -0.3 is 4.74 Å². The Morgan fingerprint density at radius 3 is 2.73 bits per heavy atom. The minimum Gasteiger partial charge on any atom is -0.468 e. The largest absolute Gasteiger partial charge is 0.468 e. The van der Waals surface area contributed by atoms with Crippen molar-refractivity contribution in [2.75, 3.05) is 20.2 Å². The van der Waals surface area contributed by atoms with Crippen LogP contribution in [0.2, 0.25) is 0 Å². The predicted molar refractivity (Wildman–Crippen MR) is 111 cm³/mol. The molecule has 0 radical (unpaired) electrons. The number of carbonyl (C=O) groups is 1. The van der Waals surface area contributed by atoms with Crippen LogP contribution in [0.3, 0.4) is 0 Å². The molecule has 4 rings (SSSR count). The van der Waals surface area contributed by atoms with Gasteiger partial charge in [-0.2, -0.15) is 5.10 Å².